The Kier molecular flexibility index (Phi) is 5.45. The lowest BCUT2D eigenvalue weighted by Gasteiger charge is -2.23. The van der Waals surface area contributed by atoms with E-state index in [1.165, 1.54) is 12.8 Å². The first-order valence-electron chi connectivity index (χ1n) is 5.74. The van der Waals surface area contributed by atoms with Gasteiger partial charge in [0.1, 0.15) is 0 Å². The van der Waals surface area contributed by atoms with Gasteiger partial charge in [0.05, 0.1) is 18.8 Å². The second-order valence-electron chi connectivity index (χ2n) is 4.00. The maximum absolute atomic E-state index is 6.04. The van der Waals surface area contributed by atoms with Crippen molar-refractivity contribution in [3.8, 4) is 0 Å². The summed E-state index contributed by atoms with van der Waals surface area (Å²) in [4.78, 5) is 0. The molecule has 0 bridgehead atoms. The summed E-state index contributed by atoms with van der Waals surface area (Å²) >= 11 is 0. The van der Waals surface area contributed by atoms with Crippen molar-refractivity contribution in [2.24, 2.45) is 11.7 Å². The van der Waals surface area contributed by atoms with E-state index in [0.717, 1.165) is 19.6 Å². The van der Waals surface area contributed by atoms with Crippen LogP contribution < -0.4 is 5.73 Å². The van der Waals surface area contributed by atoms with E-state index in [2.05, 4.69) is 6.92 Å². The highest BCUT2D eigenvalue weighted by Gasteiger charge is 2.35. The summed E-state index contributed by atoms with van der Waals surface area (Å²) in [6.45, 7) is 6.32. The van der Waals surface area contributed by atoms with E-state index in [4.69, 9.17) is 15.2 Å². The Morgan fingerprint density at radius 2 is 2.07 bits per heavy atom. The molecule has 0 aromatic carbocycles. The molecule has 1 rings (SSSR count). The lowest BCUT2D eigenvalue weighted by Crippen LogP contribution is -2.42. The Hall–Kier alpha value is -0.120. The molecule has 3 heteroatoms. The minimum atomic E-state index is 0.0500. The minimum absolute atomic E-state index is 0.0500. The van der Waals surface area contributed by atoms with Gasteiger partial charge < -0.3 is 15.2 Å². The molecule has 0 spiro atoms. The van der Waals surface area contributed by atoms with Crippen molar-refractivity contribution < 1.29 is 9.47 Å². The molecule has 0 amide bonds. The Bertz CT molecular complexity index is 148. The van der Waals surface area contributed by atoms with Crippen LogP contribution in [-0.4, -0.2) is 32.0 Å². The van der Waals surface area contributed by atoms with Crippen LogP contribution in [0.2, 0.25) is 0 Å². The third-order valence-electron chi connectivity index (χ3n) is 2.53. The fourth-order valence-electron chi connectivity index (χ4n) is 1.69. The van der Waals surface area contributed by atoms with Crippen molar-refractivity contribution in [3.05, 3.63) is 0 Å². The molecule has 0 radical (unpaired) electrons. The summed E-state index contributed by atoms with van der Waals surface area (Å²) in [5, 5.41) is 0. The number of nitrogens with two attached hydrogens (primary N) is 1. The quantitative estimate of drug-likeness (QED) is 0.606. The molecule has 2 N–H and O–H groups in total. The molecule has 0 heterocycles. The van der Waals surface area contributed by atoms with Gasteiger partial charge in [-0.3, -0.25) is 0 Å². The average molecular weight is 201 g/mol. The van der Waals surface area contributed by atoms with Gasteiger partial charge in [0.25, 0.3) is 0 Å². The lowest BCUT2D eigenvalue weighted by atomic mass is 10.1. The van der Waals surface area contributed by atoms with Crippen molar-refractivity contribution in [1.82, 2.24) is 0 Å². The van der Waals surface area contributed by atoms with E-state index < -0.39 is 0 Å². The summed E-state index contributed by atoms with van der Waals surface area (Å²) in [6, 6.07) is 0.0500. The van der Waals surface area contributed by atoms with Crippen LogP contribution in [-0.2, 0) is 9.47 Å². The largest absolute Gasteiger partial charge is 0.380 e. The van der Waals surface area contributed by atoms with Gasteiger partial charge in [-0.2, -0.15) is 0 Å². The average Bonchev–Trinajstić information content (AvgIpc) is 2.98. The molecule has 0 saturated heterocycles. The van der Waals surface area contributed by atoms with Gasteiger partial charge in [-0.1, -0.05) is 6.92 Å². The number of rotatable bonds is 8. The molecule has 0 aliphatic heterocycles. The highest BCUT2D eigenvalue weighted by Crippen LogP contribution is 2.35. The Labute approximate surface area is 86.9 Å². The molecule has 0 aromatic heterocycles. The van der Waals surface area contributed by atoms with E-state index in [-0.39, 0.29) is 12.1 Å². The van der Waals surface area contributed by atoms with Gasteiger partial charge in [0.15, 0.2) is 0 Å². The maximum atomic E-state index is 6.04. The SMILES string of the molecule is CCCOCC(N)C(OCC)C1CC1. The van der Waals surface area contributed by atoms with Crippen molar-refractivity contribution >= 4 is 0 Å². The molecule has 1 fully saturated rings. The first kappa shape index (κ1) is 12.0. The highest BCUT2D eigenvalue weighted by atomic mass is 16.5. The van der Waals surface area contributed by atoms with Crippen molar-refractivity contribution in [2.75, 3.05) is 19.8 Å². The van der Waals surface area contributed by atoms with Crippen LogP contribution in [0, 0.1) is 5.92 Å². The molecule has 1 aliphatic carbocycles. The number of ether oxygens (including phenoxy) is 2. The van der Waals surface area contributed by atoms with Crippen LogP contribution >= 0.6 is 0 Å². The summed E-state index contributed by atoms with van der Waals surface area (Å²) in [5.41, 5.74) is 6.04. The van der Waals surface area contributed by atoms with Gasteiger partial charge in [0, 0.05) is 13.2 Å². The predicted molar refractivity (Wildman–Crippen MR) is 57.2 cm³/mol. The molecule has 0 aromatic rings. The fourth-order valence-corrected chi connectivity index (χ4v) is 1.69. The zero-order valence-electron chi connectivity index (χ0n) is 9.37. The Balaban J connectivity index is 2.19. The molecular weight excluding hydrogens is 178 g/mol. The molecule has 2 unspecified atom stereocenters. The number of hydrogen-bond donors (Lipinski definition) is 1. The normalized spacial score (nSPS) is 20.8. The van der Waals surface area contributed by atoms with Gasteiger partial charge in [-0.05, 0) is 32.1 Å². The third-order valence-corrected chi connectivity index (χ3v) is 2.53. The standard InChI is InChI=1S/C11H23NO2/c1-3-7-13-8-10(12)11(14-4-2)9-5-6-9/h9-11H,3-8,12H2,1-2H3. The molecular formula is C11H23NO2. The first-order chi connectivity index (χ1) is 6.79. The van der Waals surface area contributed by atoms with Crippen LogP contribution in [0.3, 0.4) is 0 Å². The minimum Gasteiger partial charge on any atom is -0.380 e. The maximum Gasteiger partial charge on any atom is 0.0776 e. The zero-order valence-corrected chi connectivity index (χ0v) is 9.37. The van der Waals surface area contributed by atoms with E-state index in [1.54, 1.807) is 0 Å². The monoisotopic (exact) mass is 201 g/mol. The highest BCUT2D eigenvalue weighted by molar-refractivity contribution is 4.88. The summed E-state index contributed by atoms with van der Waals surface area (Å²) in [7, 11) is 0. The van der Waals surface area contributed by atoms with Crippen LogP contribution in [0.25, 0.3) is 0 Å². The lowest BCUT2D eigenvalue weighted by molar-refractivity contribution is -0.000115. The van der Waals surface area contributed by atoms with Crippen LogP contribution in [0.4, 0.5) is 0 Å². The second kappa shape index (κ2) is 6.38. The number of hydrogen-bond acceptors (Lipinski definition) is 3. The molecule has 2 atom stereocenters. The first-order valence-corrected chi connectivity index (χ1v) is 5.74. The van der Waals surface area contributed by atoms with Crippen molar-refractivity contribution in [3.63, 3.8) is 0 Å². The van der Waals surface area contributed by atoms with Crippen LogP contribution in [0.15, 0.2) is 0 Å². The predicted octanol–water partition coefficient (Wildman–Crippen LogP) is 1.56. The van der Waals surface area contributed by atoms with Crippen LogP contribution in [0.1, 0.15) is 33.1 Å². The van der Waals surface area contributed by atoms with Gasteiger partial charge >= 0.3 is 0 Å². The van der Waals surface area contributed by atoms with Crippen molar-refractivity contribution in [2.45, 2.75) is 45.3 Å². The van der Waals surface area contributed by atoms with E-state index >= 15 is 0 Å². The van der Waals surface area contributed by atoms with E-state index in [1.807, 2.05) is 6.92 Å². The third kappa shape index (κ3) is 3.95. The fraction of sp³-hybridized carbons (Fsp3) is 1.00. The van der Waals surface area contributed by atoms with E-state index in [0.29, 0.717) is 12.5 Å². The molecule has 1 aliphatic rings. The smallest absolute Gasteiger partial charge is 0.0776 e. The van der Waals surface area contributed by atoms with Gasteiger partial charge in [-0.25, -0.2) is 0 Å². The summed E-state index contributed by atoms with van der Waals surface area (Å²) in [6.07, 6.45) is 3.81. The Morgan fingerprint density at radius 1 is 1.36 bits per heavy atom. The molecule has 3 nitrogen and oxygen atoms in total. The zero-order chi connectivity index (χ0) is 10.4. The second-order valence-corrected chi connectivity index (χ2v) is 4.00. The van der Waals surface area contributed by atoms with Crippen LogP contribution in [0.5, 0.6) is 0 Å². The van der Waals surface area contributed by atoms with Gasteiger partial charge in [0.2, 0.25) is 0 Å². The van der Waals surface area contributed by atoms with Crippen molar-refractivity contribution in [1.29, 1.82) is 0 Å². The summed E-state index contributed by atoms with van der Waals surface area (Å²) in [5.74, 6) is 0.690. The molecule has 14 heavy (non-hydrogen) atoms. The molecule has 1 saturated carbocycles. The van der Waals surface area contributed by atoms with E-state index in [9.17, 15) is 0 Å². The summed E-state index contributed by atoms with van der Waals surface area (Å²) < 4.78 is 11.1. The Morgan fingerprint density at radius 3 is 2.57 bits per heavy atom. The van der Waals surface area contributed by atoms with Gasteiger partial charge in [-0.15, -0.1) is 0 Å². The topological polar surface area (TPSA) is 44.5 Å². The molecule has 84 valence electrons.